The fourth-order valence-electron chi connectivity index (χ4n) is 0.742. The van der Waals surface area contributed by atoms with Crippen LogP contribution in [0.5, 0.6) is 0 Å². The van der Waals surface area contributed by atoms with Gasteiger partial charge < -0.3 is 9.84 Å². The van der Waals surface area contributed by atoms with E-state index in [9.17, 15) is 9.90 Å². The lowest BCUT2D eigenvalue weighted by molar-refractivity contribution is -0.147. The number of aliphatic hydroxyl groups excluding tert-OH is 1. The monoisotopic (exact) mass is 158 g/mol. The third-order valence-electron chi connectivity index (χ3n) is 1.55. The van der Waals surface area contributed by atoms with Gasteiger partial charge in [0.2, 0.25) is 0 Å². The first-order valence-corrected chi connectivity index (χ1v) is 3.42. The first-order valence-electron chi connectivity index (χ1n) is 3.42. The molecule has 0 aromatic heterocycles. The summed E-state index contributed by atoms with van der Waals surface area (Å²) in [5, 5.41) is 9.30. The van der Waals surface area contributed by atoms with Crippen LogP contribution in [0.25, 0.3) is 0 Å². The summed E-state index contributed by atoms with van der Waals surface area (Å²) in [6, 6.07) is 0. The molecule has 11 heavy (non-hydrogen) atoms. The number of esters is 1. The molecule has 0 unspecified atom stereocenters. The van der Waals surface area contributed by atoms with E-state index < -0.39 is 18.0 Å². The molecule has 0 aromatic rings. The van der Waals surface area contributed by atoms with Gasteiger partial charge in [-0.2, -0.15) is 0 Å². The van der Waals surface area contributed by atoms with E-state index in [1.165, 1.54) is 7.11 Å². The molecule has 0 fully saturated rings. The Morgan fingerprint density at radius 1 is 1.64 bits per heavy atom. The SMILES string of the molecule is C=C(C)[C@H](O)[C@@H](C)C(=O)OC. The Morgan fingerprint density at radius 2 is 2.09 bits per heavy atom. The number of rotatable bonds is 3. The van der Waals surface area contributed by atoms with Crippen LogP contribution in [-0.4, -0.2) is 24.3 Å². The zero-order valence-corrected chi connectivity index (χ0v) is 7.13. The van der Waals surface area contributed by atoms with Crippen molar-refractivity contribution in [1.29, 1.82) is 0 Å². The van der Waals surface area contributed by atoms with Crippen LogP contribution in [0.15, 0.2) is 12.2 Å². The second-order valence-corrected chi connectivity index (χ2v) is 2.60. The van der Waals surface area contributed by atoms with Gasteiger partial charge in [0.1, 0.15) is 0 Å². The molecule has 0 bridgehead atoms. The highest BCUT2D eigenvalue weighted by Gasteiger charge is 2.22. The number of hydrogen-bond acceptors (Lipinski definition) is 3. The molecule has 64 valence electrons. The van der Waals surface area contributed by atoms with Gasteiger partial charge in [0, 0.05) is 0 Å². The summed E-state index contributed by atoms with van der Waals surface area (Å²) in [5.74, 6) is -0.946. The van der Waals surface area contributed by atoms with Gasteiger partial charge in [0.25, 0.3) is 0 Å². The van der Waals surface area contributed by atoms with Crippen LogP contribution in [-0.2, 0) is 9.53 Å². The lowest BCUT2D eigenvalue weighted by atomic mass is 10.00. The van der Waals surface area contributed by atoms with Gasteiger partial charge in [0.15, 0.2) is 0 Å². The Labute approximate surface area is 66.7 Å². The van der Waals surface area contributed by atoms with E-state index in [1.807, 2.05) is 0 Å². The Hall–Kier alpha value is -0.830. The van der Waals surface area contributed by atoms with E-state index in [-0.39, 0.29) is 0 Å². The minimum absolute atomic E-state index is 0.416. The van der Waals surface area contributed by atoms with E-state index in [4.69, 9.17) is 0 Å². The van der Waals surface area contributed by atoms with Crippen LogP contribution >= 0.6 is 0 Å². The van der Waals surface area contributed by atoms with Gasteiger partial charge in [-0.15, -0.1) is 0 Å². The minimum Gasteiger partial charge on any atom is -0.469 e. The van der Waals surface area contributed by atoms with E-state index in [0.717, 1.165) is 0 Å². The van der Waals surface area contributed by atoms with E-state index in [1.54, 1.807) is 13.8 Å². The summed E-state index contributed by atoms with van der Waals surface area (Å²) >= 11 is 0. The summed E-state index contributed by atoms with van der Waals surface area (Å²) in [5.41, 5.74) is 0.572. The van der Waals surface area contributed by atoms with Crippen LogP contribution in [0.1, 0.15) is 13.8 Å². The number of hydrogen-bond donors (Lipinski definition) is 1. The molecule has 0 aliphatic heterocycles. The van der Waals surface area contributed by atoms with Gasteiger partial charge in [-0.3, -0.25) is 4.79 Å². The highest BCUT2D eigenvalue weighted by molar-refractivity contribution is 5.73. The van der Waals surface area contributed by atoms with Crippen LogP contribution in [0, 0.1) is 5.92 Å². The predicted octanol–water partition coefficient (Wildman–Crippen LogP) is 0.732. The number of carbonyl (C=O) groups excluding carboxylic acids is 1. The van der Waals surface area contributed by atoms with Crippen molar-refractivity contribution in [2.24, 2.45) is 5.92 Å². The molecule has 0 aromatic carbocycles. The van der Waals surface area contributed by atoms with Crippen molar-refractivity contribution in [1.82, 2.24) is 0 Å². The maximum atomic E-state index is 10.8. The zero-order valence-electron chi connectivity index (χ0n) is 7.13. The molecule has 0 spiro atoms. The van der Waals surface area contributed by atoms with Gasteiger partial charge in [-0.1, -0.05) is 12.2 Å². The molecule has 0 rings (SSSR count). The number of carbonyl (C=O) groups is 1. The highest BCUT2D eigenvalue weighted by Crippen LogP contribution is 2.11. The van der Waals surface area contributed by atoms with Crippen molar-refractivity contribution in [3.05, 3.63) is 12.2 Å². The summed E-state index contributed by atoms with van der Waals surface area (Å²) in [6.07, 6.45) is -0.803. The summed E-state index contributed by atoms with van der Waals surface area (Å²) in [4.78, 5) is 10.8. The van der Waals surface area contributed by atoms with E-state index >= 15 is 0 Å². The lowest BCUT2D eigenvalue weighted by Crippen LogP contribution is -2.27. The molecule has 0 saturated heterocycles. The van der Waals surface area contributed by atoms with Crippen molar-refractivity contribution < 1.29 is 14.6 Å². The van der Waals surface area contributed by atoms with Crippen LogP contribution < -0.4 is 0 Å². The topological polar surface area (TPSA) is 46.5 Å². The minimum atomic E-state index is -0.803. The van der Waals surface area contributed by atoms with Crippen molar-refractivity contribution >= 4 is 5.97 Å². The summed E-state index contributed by atoms with van der Waals surface area (Å²) < 4.78 is 4.44. The maximum Gasteiger partial charge on any atom is 0.311 e. The average molecular weight is 158 g/mol. The number of methoxy groups -OCH3 is 1. The van der Waals surface area contributed by atoms with Gasteiger partial charge in [0.05, 0.1) is 19.1 Å². The molecule has 0 saturated carbocycles. The van der Waals surface area contributed by atoms with Gasteiger partial charge >= 0.3 is 5.97 Å². The molecular weight excluding hydrogens is 144 g/mol. The maximum absolute atomic E-state index is 10.8. The fourth-order valence-corrected chi connectivity index (χ4v) is 0.742. The highest BCUT2D eigenvalue weighted by atomic mass is 16.5. The first kappa shape index (κ1) is 10.2. The van der Waals surface area contributed by atoms with Crippen LogP contribution in [0.3, 0.4) is 0 Å². The Morgan fingerprint density at radius 3 is 2.36 bits per heavy atom. The second kappa shape index (κ2) is 4.13. The standard InChI is InChI=1S/C8H14O3/c1-5(2)7(9)6(3)8(10)11-4/h6-7,9H,1H2,2-4H3/t6-,7+/m1/s1. The Balaban J connectivity index is 4.12. The van der Waals surface area contributed by atoms with E-state index in [2.05, 4.69) is 11.3 Å². The molecule has 3 heteroatoms. The van der Waals surface area contributed by atoms with Crippen molar-refractivity contribution in [3.8, 4) is 0 Å². The van der Waals surface area contributed by atoms with Crippen molar-refractivity contribution in [2.75, 3.05) is 7.11 Å². The van der Waals surface area contributed by atoms with E-state index in [0.29, 0.717) is 5.57 Å². The largest absolute Gasteiger partial charge is 0.469 e. The second-order valence-electron chi connectivity index (χ2n) is 2.60. The molecular formula is C8H14O3. The zero-order chi connectivity index (χ0) is 9.02. The normalized spacial score (nSPS) is 15.3. The molecule has 0 aliphatic rings. The van der Waals surface area contributed by atoms with Crippen molar-refractivity contribution in [2.45, 2.75) is 20.0 Å². The Kier molecular flexibility index (Phi) is 3.82. The lowest BCUT2D eigenvalue weighted by Gasteiger charge is -2.15. The molecule has 0 aliphatic carbocycles. The van der Waals surface area contributed by atoms with Gasteiger partial charge in [-0.05, 0) is 13.8 Å². The molecule has 3 nitrogen and oxygen atoms in total. The molecule has 0 radical (unpaired) electrons. The quantitative estimate of drug-likeness (QED) is 0.486. The van der Waals surface area contributed by atoms with Crippen molar-refractivity contribution in [3.63, 3.8) is 0 Å². The summed E-state index contributed by atoms with van der Waals surface area (Å²) in [6.45, 7) is 6.81. The predicted molar refractivity (Wildman–Crippen MR) is 42.0 cm³/mol. The summed E-state index contributed by atoms with van der Waals surface area (Å²) in [7, 11) is 1.30. The fraction of sp³-hybridized carbons (Fsp3) is 0.625. The smallest absolute Gasteiger partial charge is 0.311 e. The molecule has 0 heterocycles. The van der Waals surface area contributed by atoms with Gasteiger partial charge in [-0.25, -0.2) is 0 Å². The van der Waals surface area contributed by atoms with Crippen LogP contribution in [0.4, 0.5) is 0 Å². The third kappa shape index (κ3) is 2.72. The first-order chi connectivity index (χ1) is 5.00. The average Bonchev–Trinajstić information content (AvgIpc) is 2.00. The number of ether oxygens (including phenoxy) is 1. The molecule has 2 atom stereocenters. The molecule has 0 amide bonds. The Bertz CT molecular complexity index is 163. The third-order valence-corrected chi connectivity index (χ3v) is 1.55. The molecule has 1 N–H and O–H groups in total. The number of aliphatic hydroxyl groups is 1. The van der Waals surface area contributed by atoms with Crippen LogP contribution in [0.2, 0.25) is 0 Å².